The van der Waals surface area contributed by atoms with E-state index in [4.69, 9.17) is 0 Å². The van der Waals surface area contributed by atoms with Gasteiger partial charge in [-0.25, -0.2) is 0 Å². The van der Waals surface area contributed by atoms with Crippen LogP contribution >= 0.6 is 0 Å². The minimum absolute atomic E-state index is 0.154. The fraction of sp³-hybridized carbons (Fsp3) is 0.562. The van der Waals surface area contributed by atoms with Crippen molar-refractivity contribution in [1.29, 1.82) is 0 Å². The number of fused-ring (bicyclic) bond motifs is 1. The number of rotatable bonds is 5. The van der Waals surface area contributed by atoms with E-state index in [1.807, 2.05) is 30.3 Å². The van der Waals surface area contributed by atoms with E-state index < -0.39 is 6.10 Å². The highest BCUT2D eigenvalue weighted by Crippen LogP contribution is 2.57. The number of aliphatic hydroxyl groups excluding tert-OH is 1. The summed E-state index contributed by atoms with van der Waals surface area (Å²) in [5.41, 5.74) is 1.10. The Kier molecular flexibility index (Phi) is 3.56. The van der Waals surface area contributed by atoms with Gasteiger partial charge < -0.3 is 10.4 Å². The first kappa shape index (κ1) is 12.7. The maximum absolute atomic E-state index is 12.0. The van der Waals surface area contributed by atoms with Crippen molar-refractivity contribution >= 4 is 5.91 Å². The Morgan fingerprint density at radius 1 is 1.26 bits per heavy atom. The summed E-state index contributed by atoms with van der Waals surface area (Å²) in [6, 6.07) is 9.88. The van der Waals surface area contributed by atoms with Gasteiger partial charge in [0.1, 0.15) is 0 Å². The SMILES string of the molecule is O=C(NCC(O)Cc1ccccc1)C1C2CCCC21. The molecule has 3 unspecified atom stereocenters. The number of nitrogens with one attached hydrogen (secondary N) is 1. The van der Waals surface area contributed by atoms with Crippen molar-refractivity contribution in [3.8, 4) is 0 Å². The van der Waals surface area contributed by atoms with Crippen molar-refractivity contribution in [1.82, 2.24) is 5.32 Å². The highest BCUT2D eigenvalue weighted by atomic mass is 16.3. The number of aliphatic hydroxyl groups is 1. The van der Waals surface area contributed by atoms with Gasteiger partial charge >= 0.3 is 0 Å². The number of benzene rings is 1. The molecule has 3 heteroatoms. The zero-order chi connectivity index (χ0) is 13.2. The zero-order valence-electron chi connectivity index (χ0n) is 11.1. The summed E-state index contributed by atoms with van der Waals surface area (Å²) in [7, 11) is 0. The van der Waals surface area contributed by atoms with E-state index in [1.165, 1.54) is 19.3 Å². The molecule has 0 saturated heterocycles. The van der Waals surface area contributed by atoms with Crippen LogP contribution in [0.15, 0.2) is 30.3 Å². The molecule has 0 bridgehead atoms. The van der Waals surface area contributed by atoms with Crippen LogP contribution in [-0.2, 0) is 11.2 Å². The van der Waals surface area contributed by atoms with E-state index in [9.17, 15) is 9.90 Å². The molecule has 1 aromatic rings. The van der Waals surface area contributed by atoms with E-state index in [0.29, 0.717) is 24.8 Å². The standard InChI is InChI=1S/C16H21NO2/c18-12(9-11-5-2-1-3-6-11)10-17-16(19)15-13-7-4-8-14(13)15/h1-3,5-6,12-15,18H,4,7-10H2,(H,17,19). The van der Waals surface area contributed by atoms with Crippen molar-refractivity contribution in [3.05, 3.63) is 35.9 Å². The van der Waals surface area contributed by atoms with Gasteiger partial charge in [0.2, 0.25) is 5.91 Å². The highest BCUT2D eigenvalue weighted by Gasteiger charge is 2.56. The number of carbonyl (C=O) groups excluding carboxylic acids is 1. The fourth-order valence-electron chi connectivity index (χ4n) is 3.50. The molecule has 2 N–H and O–H groups in total. The Morgan fingerprint density at radius 3 is 2.63 bits per heavy atom. The van der Waals surface area contributed by atoms with Crippen LogP contribution in [0.25, 0.3) is 0 Å². The second-order valence-corrected chi connectivity index (χ2v) is 5.87. The smallest absolute Gasteiger partial charge is 0.223 e. The van der Waals surface area contributed by atoms with Gasteiger partial charge in [-0.05, 0) is 30.2 Å². The van der Waals surface area contributed by atoms with Gasteiger partial charge in [0.25, 0.3) is 0 Å². The monoisotopic (exact) mass is 259 g/mol. The van der Waals surface area contributed by atoms with Gasteiger partial charge in [-0.2, -0.15) is 0 Å². The van der Waals surface area contributed by atoms with Gasteiger partial charge in [0, 0.05) is 18.9 Å². The van der Waals surface area contributed by atoms with E-state index in [1.54, 1.807) is 0 Å². The quantitative estimate of drug-likeness (QED) is 0.846. The largest absolute Gasteiger partial charge is 0.391 e. The molecule has 0 aromatic heterocycles. The van der Waals surface area contributed by atoms with Gasteiger partial charge in [-0.15, -0.1) is 0 Å². The topological polar surface area (TPSA) is 49.3 Å². The van der Waals surface area contributed by atoms with Crippen molar-refractivity contribution in [2.75, 3.05) is 6.54 Å². The minimum Gasteiger partial charge on any atom is -0.391 e. The van der Waals surface area contributed by atoms with Crippen molar-refractivity contribution in [2.24, 2.45) is 17.8 Å². The average Bonchev–Trinajstić information content (AvgIpc) is 2.90. The molecule has 102 valence electrons. The van der Waals surface area contributed by atoms with Crippen LogP contribution in [0.5, 0.6) is 0 Å². The summed E-state index contributed by atoms with van der Waals surface area (Å²) >= 11 is 0. The third-order valence-electron chi connectivity index (χ3n) is 4.54. The lowest BCUT2D eigenvalue weighted by molar-refractivity contribution is -0.123. The maximum atomic E-state index is 12.0. The molecular formula is C16H21NO2. The van der Waals surface area contributed by atoms with Gasteiger partial charge in [0.15, 0.2) is 0 Å². The van der Waals surface area contributed by atoms with E-state index in [0.717, 1.165) is 5.56 Å². The van der Waals surface area contributed by atoms with Crippen LogP contribution in [0.3, 0.4) is 0 Å². The van der Waals surface area contributed by atoms with Crippen molar-refractivity contribution < 1.29 is 9.90 Å². The molecule has 2 fully saturated rings. The lowest BCUT2D eigenvalue weighted by atomic mass is 10.1. The highest BCUT2D eigenvalue weighted by molar-refractivity contribution is 5.82. The third-order valence-corrected chi connectivity index (χ3v) is 4.54. The van der Waals surface area contributed by atoms with Gasteiger partial charge in [-0.3, -0.25) is 4.79 Å². The Morgan fingerprint density at radius 2 is 1.95 bits per heavy atom. The number of hydrogen-bond acceptors (Lipinski definition) is 2. The molecule has 0 aliphatic heterocycles. The molecule has 1 amide bonds. The molecule has 3 nitrogen and oxygen atoms in total. The molecule has 3 rings (SSSR count). The van der Waals surface area contributed by atoms with Crippen LogP contribution in [0.4, 0.5) is 0 Å². The summed E-state index contributed by atoms with van der Waals surface area (Å²) in [6.45, 7) is 0.365. The number of carbonyl (C=O) groups is 1. The predicted octanol–water partition coefficient (Wildman–Crippen LogP) is 1.75. The molecule has 2 aliphatic rings. The molecule has 0 heterocycles. The Hall–Kier alpha value is -1.35. The minimum atomic E-state index is -0.495. The molecule has 3 atom stereocenters. The molecule has 2 saturated carbocycles. The summed E-state index contributed by atoms with van der Waals surface area (Å²) in [6.07, 6.45) is 3.82. The lowest BCUT2D eigenvalue weighted by Gasteiger charge is -2.12. The summed E-state index contributed by atoms with van der Waals surface area (Å²) < 4.78 is 0. The van der Waals surface area contributed by atoms with E-state index >= 15 is 0 Å². The van der Waals surface area contributed by atoms with E-state index in [2.05, 4.69) is 5.32 Å². The Labute approximate surface area is 114 Å². The maximum Gasteiger partial charge on any atom is 0.223 e. The van der Waals surface area contributed by atoms with Crippen LogP contribution in [0.1, 0.15) is 24.8 Å². The van der Waals surface area contributed by atoms with E-state index in [-0.39, 0.29) is 11.8 Å². The molecule has 0 radical (unpaired) electrons. The number of hydrogen-bond donors (Lipinski definition) is 2. The first-order chi connectivity index (χ1) is 9.25. The van der Waals surface area contributed by atoms with Crippen LogP contribution in [0.2, 0.25) is 0 Å². The molecular weight excluding hydrogens is 238 g/mol. The molecule has 0 spiro atoms. The second kappa shape index (κ2) is 5.33. The van der Waals surface area contributed by atoms with Crippen LogP contribution in [0, 0.1) is 17.8 Å². The lowest BCUT2D eigenvalue weighted by Crippen LogP contribution is -2.35. The molecule has 19 heavy (non-hydrogen) atoms. The van der Waals surface area contributed by atoms with Crippen molar-refractivity contribution in [3.63, 3.8) is 0 Å². The average molecular weight is 259 g/mol. The zero-order valence-corrected chi connectivity index (χ0v) is 11.1. The van der Waals surface area contributed by atoms with Crippen LogP contribution < -0.4 is 5.32 Å². The first-order valence-corrected chi connectivity index (χ1v) is 7.25. The Bertz CT molecular complexity index is 435. The van der Waals surface area contributed by atoms with Crippen LogP contribution in [-0.4, -0.2) is 23.7 Å². The Balaban J connectivity index is 1.41. The summed E-state index contributed by atoms with van der Waals surface area (Å²) in [4.78, 5) is 12.0. The number of amides is 1. The first-order valence-electron chi connectivity index (χ1n) is 7.25. The van der Waals surface area contributed by atoms with Gasteiger partial charge in [-0.1, -0.05) is 36.8 Å². The summed E-state index contributed by atoms with van der Waals surface area (Å²) in [5, 5.41) is 12.8. The summed E-state index contributed by atoms with van der Waals surface area (Å²) in [5.74, 6) is 1.69. The fourth-order valence-corrected chi connectivity index (χ4v) is 3.50. The second-order valence-electron chi connectivity index (χ2n) is 5.87. The predicted molar refractivity (Wildman–Crippen MR) is 73.5 cm³/mol. The molecule has 1 aromatic carbocycles. The van der Waals surface area contributed by atoms with Gasteiger partial charge in [0.05, 0.1) is 6.10 Å². The normalized spacial score (nSPS) is 29.6. The molecule has 2 aliphatic carbocycles. The van der Waals surface area contributed by atoms with Crippen molar-refractivity contribution in [2.45, 2.75) is 31.8 Å². The third kappa shape index (κ3) is 2.81.